The van der Waals surface area contributed by atoms with Crippen LogP contribution in [0.15, 0.2) is 24.3 Å². The Hall–Kier alpha value is -1.45. The van der Waals surface area contributed by atoms with Gasteiger partial charge in [0, 0.05) is 5.56 Å². The lowest BCUT2D eigenvalue weighted by atomic mass is 10.1. The van der Waals surface area contributed by atoms with Crippen molar-refractivity contribution in [3.8, 4) is 0 Å². The van der Waals surface area contributed by atoms with Gasteiger partial charge in [0.1, 0.15) is 5.60 Å². The van der Waals surface area contributed by atoms with E-state index in [4.69, 9.17) is 4.74 Å². The molecular weight excluding hydrogens is 214 g/mol. The largest absolute Gasteiger partial charge is 0.456 e. The molecule has 0 aliphatic carbocycles. The summed E-state index contributed by atoms with van der Waals surface area (Å²) in [5, 5.41) is 0. The molecule has 0 unspecified atom stereocenters. The molecule has 4 heteroatoms. The first-order valence-corrected chi connectivity index (χ1v) is 4.91. The second-order valence-electron chi connectivity index (χ2n) is 4.42. The highest BCUT2D eigenvalue weighted by molar-refractivity contribution is 5.89. The first kappa shape index (κ1) is 12.6. The van der Waals surface area contributed by atoms with Crippen molar-refractivity contribution in [1.82, 2.24) is 0 Å². The lowest BCUT2D eigenvalue weighted by molar-refractivity contribution is 0.00693. The van der Waals surface area contributed by atoms with Crippen molar-refractivity contribution in [2.24, 2.45) is 0 Å². The molecule has 0 atom stereocenters. The van der Waals surface area contributed by atoms with Gasteiger partial charge >= 0.3 is 5.97 Å². The first-order valence-electron chi connectivity index (χ1n) is 4.91. The van der Waals surface area contributed by atoms with Crippen molar-refractivity contribution in [2.45, 2.75) is 32.8 Å². The third kappa shape index (κ3) is 3.61. The molecule has 0 N–H and O–H groups in total. The van der Waals surface area contributed by atoms with Crippen LogP contribution in [0.3, 0.4) is 0 Å². The highest BCUT2D eigenvalue weighted by atomic mass is 19.3. The van der Waals surface area contributed by atoms with Gasteiger partial charge < -0.3 is 4.74 Å². The SMILES string of the molecule is CC(C)(C)OC(=O)c1ccc(C(F)F)cc1. The van der Waals surface area contributed by atoms with Crippen molar-refractivity contribution in [1.29, 1.82) is 0 Å². The van der Waals surface area contributed by atoms with E-state index in [0.717, 1.165) is 0 Å². The number of esters is 1. The number of carbonyl (C=O) groups is 1. The van der Waals surface area contributed by atoms with Crippen LogP contribution in [0.5, 0.6) is 0 Å². The number of halogens is 2. The summed E-state index contributed by atoms with van der Waals surface area (Å²) < 4.78 is 29.6. The van der Waals surface area contributed by atoms with Crippen molar-refractivity contribution in [2.75, 3.05) is 0 Å². The maximum Gasteiger partial charge on any atom is 0.338 e. The second-order valence-corrected chi connectivity index (χ2v) is 4.42. The average molecular weight is 228 g/mol. The summed E-state index contributed by atoms with van der Waals surface area (Å²) in [6.07, 6.45) is -2.52. The summed E-state index contributed by atoms with van der Waals surface area (Å²) in [7, 11) is 0. The Labute approximate surface area is 93.2 Å². The Kier molecular flexibility index (Phi) is 3.62. The third-order valence-electron chi connectivity index (χ3n) is 1.80. The number of alkyl halides is 2. The molecule has 0 amide bonds. The van der Waals surface area contributed by atoms with E-state index in [1.165, 1.54) is 24.3 Å². The summed E-state index contributed by atoms with van der Waals surface area (Å²) in [5.41, 5.74) is -0.412. The van der Waals surface area contributed by atoms with Crippen molar-refractivity contribution >= 4 is 5.97 Å². The fourth-order valence-corrected chi connectivity index (χ4v) is 1.10. The molecule has 0 aromatic heterocycles. The van der Waals surface area contributed by atoms with Gasteiger partial charge in [-0.05, 0) is 32.9 Å². The molecule has 1 rings (SSSR count). The van der Waals surface area contributed by atoms with Crippen LogP contribution in [0, 0.1) is 0 Å². The molecule has 0 aliphatic rings. The predicted molar refractivity (Wildman–Crippen MR) is 56.6 cm³/mol. The Morgan fingerprint density at radius 2 is 1.69 bits per heavy atom. The summed E-state index contributed by atoms with van der Waals surface area (Å²) in [5.74, 6) is -0.506. The number of hydrogen-bond donors (Lipinski definition) is 0. The monoisotopic (exact) mass is 228 g/mol. The molecule has 0 spiro atoms. The fourth-order valence-electron chi connectivity index (χ4n) is 1.10. The maximum atomic E-state index is 12.3. The summed E-state index contributed by atoms with van der Waals surface area (Å²) in [6.45, 7) is 5.25. The molecule has 2 nitrogen and oxygen atoms in total. The Morgan fingerprint density at radius 3 is 2.06 bits per heavy atom. The number of carbonyl (C=O) groups excluding carboxylic acids is 1. The zero-order chi connectivity index (χ0) is 12.3. The van der Waals surface area contributed by atoms with Crippen LogP contribution in [0.2, 0.25) is 0 Å². The Bertz CT molecular complexity index is 364. The zero-order valence-electron chi connectivity index (χ0n) is 9.46. The van der Waals surface area contributed by atoms with E-state index >= 15 is 0 Å². The maximum absolute atomic E-state index is 12.3. The van der Waals surface area contributed by atoms with Gasteiger partial charge in [-0.3, -0.25) is 0 Å². The minimum absolute atomic E-state index is 0.104. The van der Waals surface area contributed by atoms with E-state index in [2.05, 4.69) is 0 Å². The number of hydrogen-bond acceptors (Lipinski definition) is 2. The number of ether oxygens (including phenoxy) is 1. The zero-order valence-corrected chi connectivity index (χ0v) is 9.46. The number of benzene rings is 1. The van der Waals surface area contributed by atoms with Gasteiger partial charge in [-0.25, -0.2) is 13.6 Å². The van der Waals surface area contributed by atoms with Crippen LogP contribution in [-0.2, 0) is 4.74 Å². The van der Waals surface area contributed by atoms with Crippen molar-refractivity contribution in [3.05, 3.63) is 35.4 Å². The summed E-state index contributed by atoms with van der Waals surface area (Å²) in [6, 6.07) is 5.14. The molecule has 0 fully saturated rings. The molecular formula is C12H14F2O2. The minimum atomic E-state index is -2.52. The molecule has 16 heavy (non-hydrogen) atoms. The van der Waals surface area contributed by atoms with Gasteiger partial charge in [0.05, 0.1) is 5.56 Å². The van der Waals surface area contributed by atoms with E-state index in [1.54, 1.807) is 20.8 Å². The van der Waals surface area contributed by atoms with E-state index in [0.29, 0.717) is 0 Å². The van der Waals surface area contributed by atoms with Gasteiger partial charge in [0.2, 0.25) is 0 Å². The van der Waals surface area contributed by atoms with E-state index in [1.807, 2.05) is 0 Å². The van der Waals surface area contributed by atoms with Crippen LogP contribution in [0.1, 0.15) is 43.1 Å². The Balaban J connectivity index is 2.78. The standard InChI is InChI=1S/C12H14F2O2/c1-12(2,3)16-11(15)9-6-4-8(5-7-9)10(13)14/h4-7,10H,1-3H3. The normalized spacial score (nSPS) is 11.6. The van der Waals surface area contributed by atoms with E-state index in [-0.39, 0.29) is 11.1 Å². The molecule has 0 bridgehead atoms. The van der Waals surface area contributed by atoms with Crippen molar-refractivity contribution in [3.63, 3.8) is 0 Å². The fraction of sp³-hybridized carbons (Fsp3) is 0.417. The molecule has 0 heterocycles. The van der Waals surface area contributed by atoms with Crippen LogP contribution in [0.4, 0.5) is 8.78 Å². The van der Waals surface area contributed by atoms with Crippen LogP contribution in [0.25, 0.3) is 0 Å². The minimum Gasteiger partial charge on any atom is -0.456 e. The second kappa shape index (κ2) is 4.60. The average Bonchev–Trinajstić information content (AvgIpc) is 2.15. The summed E-state index contributed by atoms with van der Waals surface area (Å²) in [4.78, 5) is 11.5. The quantitative estimate of drug-likeness (QED) is 0.723. The molecule has 0 saturated carbocycles. The van der Waals surface area contributed by atoms with E-state index in [9.17, 15) is 13.6 Å². The molecule has 0 saturated heterocycles. The Morgan fingerprint density at radius 1 is 1.19 bits per heavy atom. The van der Waals surface area contributed by atoms with Crippen LogP contribution < -0.4 is 0 Å². The molecule has 1 aromatic carbocycles. The predicted octanol–water partition coefficient (Wildman–Crippen LogP) is 3.58. The van der Waals surface area contributed by atoms with Gasteiger partial charge in [-0.1, -0.05) is 12.1 Å². The van der Waals surface area contributed by atoms with Crippen molar-refractivity contribution < 1.29 is 18.3 Å². The first-order chi connectivity index (χ1) is 7.29. The topological polar surface area (TPSA) is 26.3 Å². The summed E-state index contributed by atoms with van der Waals surface area (Å²) >= 11 is 0. The van der Waals surface area contributed by atoms with Crippen LogP contribution >= 0.6 is 0 Å². The highest BCUT2D eigenvalue weighted by Gasteiger charge is 2.18. The van der Waals surface area contributed by atoms with Gasteiger partial charge in [0.25, 0.3) is 6.43 Å². The molecule has 88 valence electrons. The smallest absolute Gasteiger partial charge is 0.338 e. The molecule has 0 radical (unpaired) electrons. The van der Waals surface area contributed by atoms with Gasteiger partial charge in [-0.15, -0.1) is 0 Å². The van der Waals surface area contributed by atoms with Gasteiger partial charge in [0.15, 0.2) is 0 Å². The van der Waals surface area contributed by atoms with Gasteiger partial charge in [-0.2, -0.15) is 0 Å². The lowest BCUT2D eigenvalue weighted by Crippen LogP contribution is -2.23. The third-order valence-corrected chi connectivity index (χ3v) is 1.80. The highest BCUT2D eigenvalue weighted by Crippen LogP contribution is 2.19. The molecule has 1 aromatic rings. The lowest BCUT2D eigenvalue weighted by Gasteiger charge is -2.19. The van der Waals surface area contributed by atoms with Crippen LogP contribution in [-0.4, -0.2) is 11.6 Å². The number of rotatable bonds is 2. The molecule has 0 aliphatic heterocycles. The van der Waals surface area contributed by atoms with E-state index < -0.39 is 18.0 Å².